The monoisotopic (exact) mass is 416 g/mol. The van der Waals surface area contributed by atoms with Crippen molar-refractivity contribution in [2.45, 2.75) is 31.6 Å². The van der Waals surface area contributed by atoms with Gasteiger partial charge < -0.3 is 9.64 Å². The first-order valence-corrected chi connectivity index (χ1v) is 11.3. The predicted molar refractivity (Wildman–Crippen MR) is 114 cm³/mol. The van der Waals surface area contributed by atoms with E-state index in [1.807, 2.05) is 6.92 Å². The second kappa shape index (κ2) is 8.86. The standard InChI is InChI=1S/C22H28N2O4S/c1-17-9-11-21(12-10-17)29(26,27)24(19-7-4-8-20(14-19)28-3)16-22(25)23-13-5-6-18(2)15-23/h4,7-12,14,18H,5-6,13,15-16H2,1-3H3. The average Bonchev–Trinajstić information content (AvgIpc) is 2.72. The molecule has 0 aliphatic carbocycles. The summed E-state index contributed by atoms with van der Waals surface area (Å²) in [5.74, 6) is 0.771. The topological polar surface area (TPSA) is 66.9 Å². The summed E-state index contributed by atoms with van der Waals surface area (Å²) < 4.78 is 33.3. The highest BCUT2D eigenvalue weighted by molar-refractivity contribution is 7.92. The van der Waals surface area contributed by atoms with Gasteiger partial charge in [-0.3, -0.25) is 9.10 Å². The number of sulfonamides is 1. The van der Waals surface area contributed by atoms with Crippen molar-refractivity contribution >= 4 is 21.6 Å². The van der Waals surface area contributed by atoms with Gasteiger partial charge in [0.15, 0.2) is 0 Å². The molecule has 1 unspecified atom stereocenters. The molecule has 1 amide bonds. The van der Waals surface area contributed by atoms with Crippen LogP contribution in [0.25, 0.3) is 0 Å². The van der Waals surface area contributed by atoms with Crippen molar-refractivity contribution in [3.63, 3.8) is 0 Å². The van der Waals surface area contributed by atoms with Gasteiger partial charge >= 0.3 is 0 Å². The Labute approximate surface area is 173 Å². The van der Waals surface area contributed by atoms with E-state index >= 15 is 0 Å². The molecule has 1 atom stereocenters. The molecule has 6 nitrogen and oxygen atoms in total. The third kappa shape index (κ3) is 4.90. The van der Waals surface area contributed by atoms with E-state index in [9.17, 15) is 13.2 Å². The third-order valence-corrected chi connectivity index (χ3v) is 7.03. The fraction of sp³-hybridized carbons (Fsp3) is 0.409. The molecule has 0 bridgehead atoms. The largest absolute Gasteiger partial charge is 0.497 e. The van der Waals surface area contributed by atoms with E-state index in [1.54, 1.807) is 53.4 Å². The lowest BCUT2D eigenvalue weighted by Gasteiger charge is -2.33. The normalized spacial score (nSPS) is 17.1. The highest BCUT2D eigenvalue weighted by atomic mass is 32.2. The molecule has 0 saturated carbocycles. The lowest BCUT2D eigenvalue weighted by Crippen LogP contribution is -2.46. The Morgan fingerprint density at radius 1 is 1.21 bits per heavy atom. The minimum Gasteiger partial charge on any atom is -0.497 e. The summed E-state index contributed by atoms with van der Waals surface area (Å²) in [5.41, 5.74) is 1.37. The number of methoxy groups -OCH3 is 1. The number of nitrogens with zero attached hydrogens (tertiary/aromatic N) is 2. The Balaban J connectivity index is 1.97. The number of carbonyl (C=O) groups is 1. The lowest BCUT2D eigenvalue weighted by molar-refractivity contribution is -0.131. The highest BCUT2D eigenvalue weighted by Crippen LogP contribution is 2.28. The Bertz CT molecular complexity index is 957. The summed E-state index contributed by atoms with van der Waals surface area (Å²) >= 11 is 0. The van der Waals surface area contributed by atoms with E-state index in [0.717, 1.165) is 18.4 Å². The summed E-state index contributed by atoms with van der Waals surface area (Å²) in [6, 6.07) is 13.4. The quantitative estimate of drug-likeness (QED) is 0.723. The number of rotatable bonds is 6. The third-order valence-electron chi connectivity index (χ3n) is 5.24. The minimum atomic E-state index is -3.91. The SMILES string of the molecule is COc1cccc(N(CC(=O)N2CCCC(C)C2)S(=O)(=O)c2ccc(C)cc2)c1. The van der Waals surface area contributed by atoms with E-state index in [2.05, 4.69) is 6.92 Å². The van der Waals surface area contributed by atoms with Gasteiger partial charge in [-0.15, -0.1) is 0 Å². The number of ether oxygens (including phenoxy) is 1. The maximum absolute atomic E-state index is 13.4. The van der Waals surface area contributed by atoms with Crippen LogP contribution in [0.15, 0.2) is 53.4 Å². The molecule has 0 spiro atoms. The van der Waals surface area contributed by atoms with Crippen molar-refractivity contribution in [3.05, 3.63) is 54.1 Å². The molecule has 1 aliphatic rings. The van der Waals surface area contributed by atoms with E-state index in [1.165, 1.54) is 11.4 Å². The first-order chi connectivity index (χ1) is 13.8. The summed E-state index contributed by atoms with van der Waals surface area (Å²) in [7, 11) is -2.39. The van der Waals surface area contributed by atoms with Crippen LogP contribution in [0.3, 0.4) is 0 Å². The second-order valence-electron chi connectivity index (χ2n) is 7.61. The molecule has 1 aliphatic heterocycles. The number of anilines is 1. The molecule has 1 saturated heterocycles. The van der Waals surface area contributed by atoms with Gasteiger partial charge in [-0.2, -0.15) is 0 Å². The van der Waals surface area contributed by atoms with Crippen molar-refractivity contribution < 1.29 is 17.9 Å². The van der Waals surface area contributed by atoms with E-state index in [0.29, 0.717) is 30.4 Å². The van der Waals surface area contributed by atoms with Gasteiger partial charge in [-0.05, 0) is 49.9 Å². The lowest BCUT2D eigenvalue weighted by atomic mass is 10.0. The van der Waals surface area contributed by atoms with E-state index in [4.69, 9.17) is 4.74 Å². The zero-order valence-corrected chi connectivity index (χ0v) is 18.0. The molecule has 29 heavy (non-hydrogen) atoms. The van der Waals surface area contributed by atoms with Gasteiger partial charge in [0.05, 0.1) is 17.7 Å². The molecule has 0 aromatic heterocycles. The molecule has 156 valence electrons. The number of amides is 1. The number of hydrogen-bond acceptors (Lipinski definition) is 4. The van der Waals surface area contributed by atoms with Crippen LogP contribution >= 0.6 is 0 Å². The predicted octanol–water partition coefficient (Wildman–Crippen LogP) is 3.46. The van der Waals surface area contributed by atoms with Gasteiger partial charge in [-0.25, -0.2) is 8.42 Å². The van der Waals surface area contributed by atoms with E-state index < -0.39 is 10.0 Å². The van der Waals surface area contributed by atoms with Crippen LogP contribution in [0.4, 0.5) is 5.69 Å². The van der Waals surface area contributed by atoms with Gasteiger partial charge in [0, 0.05) is 19.2 Å². The van der Waals surface area contributed by atoms with Crippen molar-refractivity contribution in [1.82, 2.24) is 4.90 Å². The van der Waals surface area contributed by atoms with Crippen molar-refractivity contribution in [3.8, 4) is 5.75 Å². The first kappa shape index (κ1) is 21.2. The molecular weight excluding hydrogens is 388 g/mol. The van der Waals surface area contributed by atoms with Crippen molar-refractivity contribution in [1.29, 1.82) is 0 Å². The summed E-state index contributed by atoms with van der Waals surface area (Å²) in [5, 5.41) is 0. The minimum absolute atomic E-state index is 0.158. The van der Waals surface area contributed by atoms with Crippen LogP contribution in [-0.4, -0.2) is 46.0 Å². The smallest absolute Gasteiger partial charge is 0.264 e. The number of likely N-dealkylation sites (tertiary alicyclic amines) is 1. The van der Waals surface area contributed by atoms with Crippen LogP contribution in [0.2, 0.25) is 0 Å². The number of hydrogen-bond donors (Lipinski definition) is 0. The fourth-order valence-corrected chi connectivity index (χ4v) is 4.96. The number of benzene rings is 2. The molecule has 7 heteroatoms. The van der Waals surface area contributed by atoms with Crippen LogP contribution in [0.5, 0.6) is 5.75 Å². The van der Waals surface area contributed by atoms with Gasteiger partial charge in [-0.1, -0.05) is 30.7 Å². The zero-order chi connectivity index (χ0) is 21.0. The Morgan fingerprint density at radius 3 is 2.59 bits per heavy atom. The van der Waals surface area contributed by atoms with Gasteiger partial charge in [0.25, 0.3) is 10.0 Å². The van der Waals surface area contributed by atoms with Crippen molar-refractivity contribution in [2.75, 3.05) is 31.0 Å². The second-order valence-corrected chi connectivity index (χ2v) is 9.48. The summed E-state index contributed by atoms with van der Waals surface area (Å²) in [6.07, 6.45) is 2.03. The molecule has 3 rings (SSSR count). The van der Waals surface area contributed by atoms with Crippen LogP contribution in [0.1, 0.15) is 25.3 Å². The van der Waals surface area contributed by atoms with Crippen molar-refractivity contribution in [2.24, 2.45) is 5.92 Å². The molecule has 1 heterocycles. The summed E-state index contributed by atoms with van der Waals surface area (Å²) in [4.78, 5) is 14.9. The molecular formula is C22H28N2O4S. The van der Waals surface area contributed by atoms with Crippen LogP contribution in [0, 0.1) is 12.8 Å². The van der Waals surface area contributed by atoms with Gasteiger partial charge in [0.1, 0.15) is 12.3 Å². The maximum Gasteiger partial charge on any atom is 0.264 e. The fourth-order valence-electron chi connectivity index (χ4n) is 3.56. The van der Waals surface area contributed by atoms with Crippen LogP contribution < -0.4 is 9.04 Å². The number of aryl methyl sites for hydroxylation is 1. The van der Waals surface area contributed by atoms with Gasteiger partial charge in [0.2, 0.25) is 5.91 Å². The molecule has 0 radical (unpaired) electrons. The molecule has 0 N–H and O–H groups in total. The molecule has 2 aromatic carbocycles. The molecule has 1 fully saturated rings. The average molecular weight is 417 g/mol. The highest BCUT2D eigenvalue weighted by Gasteiger charge is 2.30. The van der Waals surface area contributed by atoms with Crippen LogP contribution in [-0.2, 0) is 14.8 Å². The zero-order valence-electron chi connectivity index (χ0n) is 17.2. The van der Waals surface area contributed by atoms with E-state index in [-0.39, 0.29) is 17.3 Å². The maximum atomic E-state index is 13.4. The number of carbonyl (C=O) groups excluding carboxylic acids is 1. The molecule has 2 aromatic rings. The first-order valence-electron chi connectivity index (χ1n) is 9.82. The Kier molecular flexibility index (Phi) is 6.47. The Hall–Kier alpha value is -2.54. The Morgan fingerprint density at radius 2 is 1.93 bits per heavy atom. The number of piperidine rings is 1. The summed E-state index contributed by atoms with van der Waals surface area (Å²) in [6.45, 7) is 5.10.